The summed E-state index contributed by atoms with van der Waals surface area (Å²) in [6.45, 7) is 0. The lowest BCUT2D eigenvalue weighted by Crippen LogP contribution is -2.14. The standard InChI is InChI=1S/C10H13Cl/c11-9-6-10-4-1-2-8(10)7(9)3-5-10/h3,5,7-9H,1-2,4,6H2. The molecule has 3 aliphatic rings. The number of allylic oxidation sites excluding steroid dienone is 2. The summed E-state index contributed by atoms with van der Waals surface area (Å²) >= 11 is 6.25. The Hall–Kier alpha value is 0.0300. The van der Waals surface area contributed by atoms with Crippen LogP contribution in [0.25, 0.3) is 0 Å². The molecule has 4 unspecified atom stereocenters. The van der Waals surface area contributed by atoms with Gasteiger partial charge in [0.05, 0.1) is 0 Å². The van der Waals surface area contributed by atoms with E-state index >= 15 is 0 Å². The van der Waals surface area contributed by atoms with Crippen molar-refractivity contribution in [3.05, 3.63) is 12.2 Å². The van der Waals surface area contributed by atoms with Gasteiger partial charge in [-0.3, -0.25) is 0 Å². The molecule has 0 spiro atoms. The van der Waals surface area contributed by atoms with Crippen molar-refractivity contribution >= 4 is 11.6 Å². The smallest absolute Gasteiger partial charge is 0.0410 e. The molecule has 0 aromatic rings. The number of alkyl halides is 1. The molecule has 0 nitrogen and oxygen atoms in total. The van der Waals surface area contributed by atoms with Crippen LogP contribution >= 0.6 is 11.6 Å². The van der Waals surface area contributed by atoms with Crippen LogP contribution in [0.2, 0.25) is 0 Å². The highest BCUT2D eigenvalue weighted by Crippen LogP contribution is 2.63. The van der Waals surface area contributed by atoms with Crippen molar-refractivity contribution in [1.29, 1.82) is 0 Å². The van der Waals surface area contributed by atoms with Crippen molar-refractivity contribution < 1.29 is 0 Å². The fourth-order valence-electron chi connectivity index (χ4n) is 3.54. The van der Waals surface area contributed by atoms with Crippen molar-refractivity contribution in [3.63, 3.8) is 0 Å². The molecule has 2 saturated carbocycles. The second-order valence-electron chi connectivity index (χ2n) is 4.39. The van der Waals surface area contributed by atoms with Crippen LogP contribution in [0.15, 0.2) is 12.2 Å². The molecule has 60 valence electrons. The number of halogens is 1. The predicted molar refractivity (Wildman–Crippen MR) is 46.7 cm³/mol. The van der Waals surface area contributed by atoms with Gasteiger partial charge in [-0.1, -0.05) is 18.6 Å². The van der Waals surface area contributed by atoms with Crippen LogP contribution in [-0.2, 0) is 0 Å². The number of hydrogen-bond donors (Lipinski definition) is 0. The molecule has 4 atom stereocenters. The molecule has 1 heteroatoms. The van der Waals surface area contributed by atoms with Crippen LogP contribution < -0.4 is 0 Å². The minimum Gasteiger partial charge on any atom is -0.122 e. The fraction of sp³-hybridized carbons (Fsp3) is 0.800. The minimum atomic E-state index is 0.463. The Morgan fingerprint density at radius 3 is 3.09 bits per heavy atom. The third kappa shape index (κ3) is 0.630. The second kappa shape index (κ2) is 1.85. The summed E-state index contributed by atoms with van der Waals surface area (Å²) in [5.41, 5.74) is 0.580. The predicted octanol–water partition coefficient (Wildman–Crippen LogP) is 2.97. The summed E-state index contributed by atoms with van der Waals surface area (Å²) < 4.78 is 0. The lowest BCUT2D eigenvalue weighted by Gasteiger charge is -2.22. The van der Waals surface area contributed by atoms with Crippen molar-refractivity contribution in [3.8, 4) is 0 Å². The molecule has 0 radical (unpaired) electrons. The van der Waals surface area contributed by atoms with E-state index in [0.29, 0.717) is 10.8 Å². The highest BCUT2D eigenvalue weighted by Gasteiger charge is 2.56. The molecule has 11 heavy (non-hydrogen) atoms. The van der Waals surface area contributed by atoms with E-state index in [9.17, 15) is 0 Å². The first-order valence-corrected chi connectivity index (χ1v) is 5.09. The zero-order valence-corrected chi connectivity index (χ0v) is 7.35. The van der Waals surface area contributed by atoms with Crippen molar-refractivity contribution in [1.82, 2.24) is 0 Å². The van der Waals surface area contributed by atoms with Crippen LogP contribution in [0.3, 0.4) is 0 Å². The molecule has 2 fully saturated rings. The topological polar surface area (TPSA) is 0 Å². The van der Waals surface area contributed by atoms with Gasteiger partial charge in [0.1, 0.15) is 0 Å². The molecule has 0 saturated heterocycles. The molecule has 3 aliphatic carbocycles. The van der Waals surface area contributed by atoms with Crippen molar-refractivity contribution in [2.24, 2.45) is 17.3 Å². The molecule has 2 bridgehead atoms. The molecular formula is C10H13Cl. The van der Waals surface area contributed by atoms with Crippen molar-refractivity contribution in [2.75, 3.05) is 0 Å². The maximum atomic E-state index is 6.25. The lowest BCUT2D eigenvalue weighted by atomic mass is 9.83. The molecule has 0 amide bonds. The molecular weight excluding hydrogens is 156 g/mol. The largest absolute Gasteiger partial charge is 0.122 e. The highest BCUT2D eigenvalue weighted by molar-refractivity contribution is 6.21. The highest BCUT2D eigenvalue weighted by atomic mass is 35.5. The summed E-state index contributed by atoms with van der Waals surface area (Å²) in [7, 11) is 0. The van der Waals surface area contributed by atoms with E-state index in [0.717, 1.165) is 11.8 Å². The Morgan fingerprint density at radius 2 is 2.36 bits per heavy atom. The van der Waals surface area contributed by atoms with E-state index in [4.69, 9.17) is 11.6 Å². The van der Waals surface area contributed by atoms with Gasteiger partial charge in [-0.25, -0.2) is 0 Å². The quantitative estimate of drug-likeness (QED) is 0.386. The summed E-state index contributed by atoms with van der Waals surface area (Å²) in [6, 6.07) is 0. The first-order chi connectivity index (χ1) is 5.32. The van der Waals surface area contributed by atoms with E-state index in [1.807, 2.05) is 0 Å². The van der Waals surface area contributed by atoms with Gasteiger partial charge in [0.15, 0.2) is 0 Å². The Bertz CT molecular complexity index is 221. The third-order valence-corrected chi connectivity index (χ3v) is 4.45. The lowest BCUT2D eigenvalue weighted by molar-refractivity contribution is 0.329. The van der Waals surface area contributed by atoms with Gasteiger partial charge in [-0.15, -0.1) is 11.6 Å². The summed E-state index contributed by atoms with van der Waals surface area (Å²) in [5, 5.41) is 0.463. The molecule has 0 aromatic heterocycles. The molecule has 3 rings (SSSR count). The van der Waals surface area contributed by atoms with E-state index in [2.05, 4.69) is 12.2 Å². The molecule has 0 heterocycles. The Kier molecular flexibility index (Phi) is 1.10. The van der Waals surface area contributed by atoms with Gasteiger partial charge in [0, 0.05) is 5.38 Å². The van der Waals surface area contributed by atoms with Crippen LogP contribution in [0.1, 0.15) is 25.7 Å². The molecule has 0 aromatic carbocycles. The summed E-state index contributed by atoms with van der Waals surface area (Å²) in [4.78, 5) is 0. The third-order valence-electron chi connectivity index (χ3n) is 4.00. The van der Waals surface area contributed by atoms with E-state index < -0.39 is 0 Å². The van der Waals surface area contributed by atoms with Gasteiger partial charge < -0.3 is 0 Å². The number of rotatable bonds is 0. The first-order valence-electron chi connectivity index (χ1n) is 4.65. The average Bonchev–Trinajstić information content (AvgIpc) is 2.48. The maximum Gasteiger partial charge on any atom is 0.0410 e. The fourth-order valence-corrected chi connectivity index (χ4v) is 4.08. The Labute approximate surface area is 72.6 Å². The van der Waals surface area contributed by atoms with Gasteiger partial charge in [0.25, 0.3) is 0 Å². The van der Waals surface area contributed by atoms with Crippen LogP contribution in [0.5, 0.6) is 0 Å². The first kappa shape index (κ1) is 6.54. The van der Waals surface area contributed by atoms with Gasteiger partial charge in [0.2, 0.25) is 0 Å². The normalized spacial score (nSPS) is 58.8. The van der Waals surface area contributed by atoms with Gasteiger partial charge in [-0.05, 0) is 36.5 Å². The van der Waals surface area contributed by atoms with Crippen LogP contribution in [0, 0.1) is 17.3 Å². The van der Waals surface area contributed by atoms with Crippen molar-refractivity contribution in [2.45, 2.75) is 31.1 Å². The average molecular weight is 169 g/mol. The monoisotopic (exact) mass is 168 g/mol. The Morgan fingerprint density at radius 1 is 1.45 bits per heavy atom. The minimum absolute atomic E-state index is 0.463. The van der Waals surface area contributed by atoms with E-state index in [-0.39, 0.29) is 0 Å². The van der Waals surface area contributed by atoms with Gasteiger partial charge >= 0.3 is 0 Å². The van der Waals surface area contributed by atoms with E-state index in [1.165, 1.54) is 25.7 Å². The van der Waals surface area contributed by atoms with Crippen LogP contribution in [-0.4, -0.2) is 5.38 Å². The SMILES string of the molecule is ClC1CC23C=CC1C2CCC3. The van der Waals surface area contributed by atoms with Crippen LogP contribution in [0.4, 0.5) is 0 Å². The summed E-state index contributed by atoms with van der Waals surface area (Å²) in [5.74, 6) is 1.67. The zero-order valence-electron chi connectivity index (χ0n) is 6.59. The van der Waals surface area contributed by atoms with E-state index in [1.54, 1.807) is 0 Å². The molecule has 0 aliphatic heterocycles. The van der Waals surface area contributed by atoms with Gasteiger partial charge in [-0.2, -0.15) is 0 Å². The molecule has 0 N–H and O–H groups in total. The number of hydrogen-bond acceptors (Lipinski definition) is 0. The Balaban J connectivity index is 2.06. The summed E-state index contributed by atoms with van der Waals surface area (Å²) in [6.07, 6.45) is 10.4. The zero-order chi connectivity index (χ0) is 7.47. The second-order valence-corrected chi connectivity index (χ2v) is 4.95. The maximum absolute atomic E-state index is 6.25.